The van der Waals surface area contributed by atoms with Crippen molar-refractivity contribution in [1.29, 1.82) is 5.26 Å². The van der Waals surface area contributed by atoms with E-state index in [0.29, 0.717) is 5.82 Å². The van der Waals surface area contributed by atoms with Crippen LogP contribution in [0.15, 0.2) is 53.9 Å². The number of phenolic OH excluding ortho intramolecular Hbond substituents is 1. The SMILES string of the molecule is COc1cccc(C(=O)OCC(=O)C(C#N)=C2N(C)c3ccccc3N2C)c1O. The first-order chi connectivity index (χ1) is 13.9. The van der Waals surface area contributed by atoms with Gasteiger partial charge in [-0.2, -0.15) is 5.26 Å². The molecular formula is C21H19N3O5. The number of carbonyl (C=O) groups is 2. The summed E-state index contributed by atoms with van der Waals surface area (Å²) < 4.78 is 9.99. The van der Waals surface area contributed by atoms with Crippen molar-refractivity contribution in [2.45, 2.75) is 0 Å². The summed E-state index contributed by atoms with van der Waals surface area (Å²) in [4.78, 5) is 28.4. The molecule has 3 rings (SSSR count). The molecule has 1 N–H and O–H groups in total. The minimum Gasteiger partial charge on any atom is -0.504 e. The Kier molecular flexibility index (Phi) is 5.41. The molecule has 2 aromatic rings. The van der Waals surface area contributed by atoms with E-state index in [-0.39, 0.29) is 22.6 Å². The highest BCUT2D eigenvalue weighted by atomic mass is 16.5. The Morgan fingerprint density at radius 3 is 2.24 bits per heavy atom. The molecule has 0 saturated carbocycles. The number of hydrogen-bond acceptors (Lipinski definition) is 8. The molecule has 2 aromatic carbocycles. The average molecular weight is 393 g/mol. The number of benzene rings is 2. The van der Waals surface area contributed by atoms with E-state index in [0.717, 1.165) is 11.4 Å². The van der Waals surface area contributed by atoms with Gasteiger partial charge in [0.25, 0.3) is 0 Å². The summed E-state index contributed by atoms with van der Waals surface area (Å²) in [5.41, 5.74) is 1.44. The lowest BCUT2D eigenvalue weighted by Gasteiger charge is -2.19. The van der Waals surface area contributed by atoms with Crippen molar-refractivity contribution >= 4 is 23.1 Å². The largest absolute Gasteiger partial charge is 0.504 e. The smallest absolute Gasteiger partial charge is 0.342 e. The molecule has 0 bridgehead atoms. The van der Waals surface area contributed by atoms with Crippen molar-refractivity contribution in [3.63, 3.8) is 0 Å². The molecule has 148 valence electrons. The third-order valence-corrected chi connectivity index (χ3v) is 4.63. The van der Waals surface area contributed by atoms with Crippen molar-refractivity contribution < 1.29 is 24.2 Å². The van der Waals surface area contributed by atoms with E-state index in [1.165, 1.54) is 25.3 Å². The Morgan fingerprint density at radius 1 is 1.07 bits per heavy atom. The minimum atomic E-state index is -0.895. The molecule has 0 amide bonds. The summed E-state index contributed by atoms with van der Waals surface area (Å²) in [5, 5.41) is 19.6. The second kappa shape index (κ2) is 7.94. The molecule has 0 unspecified atom stereocenters. The molecular weight excluding hydrogens is 374 g/mol. The van der Waals surface area contributed by atoms with Crippen LogP contribution < -0.4 is 14.5 Å². The van der Waals surface area contributed by atoms with Crippen LogP contribution in [0.1, 0.15) is 10.4 Å². The third-order valence-electron chi connectivity index (χ3n) is 4.63. The van der Waals surface area contributed by atoms with Crippen molar-refractivity contribution in [2.75, 3.05) is 37.6 Å². The number of nitrogens with zero attached hydrogens (tertiary/aromatic N) is 3. The molecule has 1 heterocycles. The molecule has 8 nitrogen and oxygen atoms in total. The predicted molar refractivity (Wildman–Crippen MR) is 106 cm³/mol. The number of ketones is 1. The summed E-state index contributed by atoms with van der Waals surface area (Å²) in [6.45, 7) is -0.639. The van der Waals surface area contributed by atoms with Gasteiger partial charge in [-0.1, -0.05) is 18.2 Å². The van der Waals surface area contributed by atoms with Crippen LogP contribution >= 0.6 is 0 Å². The van der Waals surface area contributed by atoms with Gasteiger partial charge < -0.3 is 24.4 Å². The fourth-order valence-corrected chi connectivity index (χ4v) is 3.19. The van der Waals surface area contributed by atoms with E-state index in [1.807, 2.05) is 30.3 Å². The minimum absolute atomic E-state index is 0.109. The van der Waals surface area contributed by atoms with Gasteiger partial charge in [0.2, 0.25) is 5.78 Å². The maximum absolute atomic E-state index is 12.6. The van der Waals surface area contributed by atoms with Gasteiger partial charge in [-0.25, -0.2) is 4.79 Å². The van der Waals surface area contributed by atoms with Crippen molar-refractivity contribution in [2.24, 2.45) is 0 Å². The van der Waals surface area contributed by atoms with Crippen LogP contribution in [0.2, 0.25) is 0 Å². The van der Waals surface area contributed by atoms with Gasteiger partial charge in [0.1, 0.15) is 23.0 Å². The zero-order valence-electron chi connectivity index (χ0n) is 16.2. The first-order valence-corrected chi connectivity index (χ1v) is 8.67. The quantitative estimate of drug-likeness (QED) is 0.469. The Balaban J connectivity index is 1.81. The summed E-state index contributed by atoms with van der Waals surface area (Å²) in [6.07, 6.45) is 0. The molecule has 0 aliphatic carbocycles. The number of methoxy groups -OCH3 is 1. The number of rotatable bonds is 5. The van der Waals surface area contributed by atoms with E-state index in [1.54, 1.807) is 23.9 Å². The molecule has 8 heteroatoms. The lowest BCUT2D eigenvalue weighted by molar-refractivity contribution is -0.118. The van der Waals surface area contributed by atoms with Crippen LogP contribution in [-0.2, 0) is 9.53 Å². The van der Waals surface area contributed by atoms with E-state index in [9.17, 15) is 20.0 Å². The molecule has 29 heavy (non-hydrogen) atoms. The van der Waals surface area contributed by atoms with E-state index in [4.69, 9.17) is 9.47 Å². The number of hydrogen-bond donors (Lipinski definition) is 1. The fraction of sp³-hybridized carbons (Fsp3) is 0.190. The number of aromatic hydroxyl groups is 1. The van der Waals surface area contributed by atoms with Gasteiger partial charge in [0.15, 0.2) is 18.1 Å². The highest BCUT2D eigenvalue weighted by molar-refractivity contribution is 6.04. The molecule has 0 saturated heterocycles. The normalized spacial score (nSPS) is 12.3. The van der Waals surface area contributed by atoms with Gasteiger partial charge in [0, 0.05) is 14.1 Å². The maximum Gasteiger partial charge on any atom is 0.342 e. The second-order valence-electron chi connectivity index (χ2n) is 6.27. The standard InChI is InChI=1S/C21H19N3O5/c1-23-15-8-4-5-9-16(15)24(2)20(23)14(11-22)17(25)12-29-21(27)13-7-6-10-18(28-3)19(13)26/h4-10,26H,12H2,1-3H3. The Morgan fingerprint density at radius 2 is 1.69 bits per heavy atom. The Hall–Kier alpha value is -3.99. The topological polar surface area (TPSA) is 103 Å². The molecule has 1 aliphatic rings. The summed E-state index contributed by atoms with van der Waals surface area (Å²) in [5.74, 6) is -1.41. The fourth-order valence-electron chi connectivity index (χ4n) is 3.19. The number of fused-ring (bicyclic) bond motifs is 1. The average Bonchev–Trinajstić information content (AvgIpc) is 2.98. The van der Waals surface area contributed by atoms with Crippen molar-refractivity contribution in [1.82, 2.24) is 0 Å². The number of esters is 1. The highest BCUT2D eigenvalue weighted by Gasteiger charge is 2.31. The number of phenols is 1. The summed E-state index contributed by atoms with van der Waals surface area (Å²) in [6, 6.07) is 13.8. The highest BCUT2D eigenvalue weighted by Crippen LogP contribution is 2.40. The summed E-state index contributed by atoms with van der Waals surface area (Å²) in [7, 11) is 4.86. The Labute approximate surface area is 167 Å². The number of anilines is 2. The van der Waals surface area contributed by atoms with Crippen LogP contribution in [0.5, 0.6) is 11.5 Å². The van der Waals surface area contributed by atoms with Crippen LogP contribution in [0.4, 0.5) is 11.4 Å². The summed E-state index contributed by atoms with van der Waals surface area (Å²) >= 11 is 0. The van der Waals surface area contributed by atoms with Crippen LogP contribution in [0, 0.1) is 11.3 Å². The van der Waals surface area contributed by atoms with E-state index < -0.39 is 18.4 Å². The second-order valence-corrected chi connectivity index (χ2v) is 6.27. The van der Waals surface area contributed by atoms with Crippen LogP contribution in [0.25, 0.3) is 0 Å². The molecule has 0 spiro atoms. The predicted octanol–water partition coefficient (Wildman–Crippen LogP) is 2.45. The van der Waals surface area contributed by atoms with Crippen LogP contribution in [0.3, 0.4) is 0 Å². The van der Waals surface area contributed by atoms with E-state index in [2.05, 4.69) is 0 Å². The lowest BCUT2D eigenvalue weighted by atomic mass is 10.1. The number of ether oxygens (including phenoxy) is 2. The Bertz CT molecular complexity index is 1020. The first-order valence-electron chi connectivity index (χ1n) is 8.67. The zero-order valence-corrected chi connectivity index (χ0v) is 16.2. The third kappa shape index (κ3) is 3.46. The molecule has 0 radical (unpaired) electrons. The number of nitriles is 1. The van der Waals surface area contributed by atoms with Crippen molar-refractivity contribution in [3.05, 3.63) is 59.4 Å². The molecule has 0 fully saturated rings. The number of para-hydroxylation sites is 3. The molecule has 0 atom stereocenters. The number of Topliss-reactive ketones (excluding diaryl/α,β-unsaturated/α-hetero) is 1. The van der Waals surface area contributed by atoms with Gasteiger partial charge in [-0.3, -0.25) is 4.79 Å². The van der Waals surface area contributed by atoms with Crippen LogP contribution in [-0.4, -0.2) is 44.7 Å². The first kappa shape index (κ1) is 19.8. The molecule has 1 aliphatic heterocycles. The van der Waals surface area contributed by atoms with Gasteiger partial charge in [-0.05, 0) is 24.3 Å². The molecule has 0 aromatic heterocycles. The monoisotopic (exact) mass is 393 g/mol. The zero-order chi connectivity index (χ0) is 21.1. The van der Waals surface area contributed by atoms with Gasteiger partial charge in [-0.15, -0.1) is 0 Å². The van der Waals surface area contributed by atoms with Gasteiger partial charge in [0.05, 0.1) is 18.5 Å². The van der Waals surface area contributed by atoms with E-state index >= 15 is 0 Å². The lowest BCUT2D eigenvalue weighted by Crippen LogP contribution is -2.27. The van der Waals surface area contributed by atoms with Crippen molar-refractivity contribution in [3.8, 4) is 17.6 Å². The maximum atomic E-state index is 12.6. The number of carbonyl (C=O) groups excluding carboxylic acids is 2. The van der Waals surface area contributed by atoms with Gasteiger partial charge >= 0.3 is 5.97 Å².